The molecule has 2 heterocycles. The smallest absolute Gasteiger partial charge is 0.228 e. The van der Waals surface area contributed by atoms with Crippen LogP contribution < -0.4 is 28.5 Å². The predicted octanol–water partition coefficient (Wildman–Crippen LogP) is -0.591. The third kappa shape index (κ3) is 3.01. The molecule has 0 saturated heterocycles. The van der Waals surface area contributed by atoms with Crippen LogP contribution in [0.1, 0.15) is 10.4 Å². The lowest BCUT2D eigenvalue weighted by Gasteiger charge is -2.03. The maximum absolute atomic E-state index is 12.4. The molecular weight excluding hydrogens is 363 g/mol. The van der Waals surface area contributed by atoms with Crippen LogP contribution in [0.4, 0.5) is 0 Å². The van der Waals surface area contributed by atoms with Crippen LogP contribution in [0.15, 0.2) is 67.1 Å². The molecule has 3 rings (SSSR count). The van der Waals surface area contributed by atoms with Gasteiger partial charge in [0, 0.05) is 29.3 Å². The number of hydrogen-bond donors (Lipinski definition) is 0. The molecule has 0 atom stereocenters. The highest BCUT2D eigenvalue weighted by atomic mass is 127. The van der Waals surface area contributed by atoms with E-state index in [0.29, 0.717) is 6.54 Å². The standard InChI is InChI=1S/C16H13N2O.HI/c19-16(12-18-10-2-1-3-11-18)14-6-4-8-15-13(14)7-5-9-17-15;/h1-11H,12H2;1H/q+1;/p-1. The number of nitrogens with zero attached hydrogens (tertiary/aromatic N) is 2. The number of rotatable bonds is 3. The Morgan fingerprint density at radius 1 is 1.00 bits per heavy atom. The van der Waals surface area contributed by atoms with Crippen LogP contribution in [-0.2, 0) is 6.54 Å². The summed E-state index contributed by atoms with van der Waals surface area (Å²) in [4.78, 5) is 16.7. The van der Waals surface area contributed by atoms with Gasteiger partial charge < -0.3 is 24.0 Å². The van der Waals surface area contributed by atoms with Gasteiger partial charge in [0.15, 0.2) is 12.4 Å². The number of hydrogen-bond acceptors (Lipinski definition) is 2. The molecule has 0 unspecified atom stereocenters. The number of carbonyl (C=O) groups excluding carboxylic acids is 1. The molecule has 0 bridgehead atoms. The van der Waals surface area contributed by atoms with E-state index in [0.717, 1.165) is 16.5 Å². The van der Waals surface area contributed by atoms with Gasteiger partial charge in [0.25, 0.3) is 0 Å². The molecule has 2 aromatic heterocycles. The highest BCUT2D eigenvalue weighted by Gasteiger charge is 2.14. The topological polar surface area (TPSA) is 33.8 Å². The molecule has 0 fully saturated rings. The molecule has 0 radical (unpaired) electrons. The largest absolute Gasteiger partial charge is 1.00 e. The molecule has 20 heavy (non-hydrogen) atoms. The molecule has 0 saturated carbocycles. The summed E-state index contributed by atoms with van der Waals surface area (Å²) < 4.78 is 1.87. The second-order valence-corrected chi connectivity index (χ2v) is 4.35. The fourth-order valence-corrected chi connectivity index (χ4v) is 2.14. The lowest BCUT2D eigenvalue weighted by Crippen LogP contribution is -3.00. The van der Waals surface area contributed by atoms with Crippen molar-refractivity contribution in [1.29, 1.82) is 0 Å². The Kier molecular flexibility index (Phi) is 4.79. The van der Waals surface area contributed by atoms with Crippen LogP contribution >= 0.6 is 0 Å². The van der Waals surface area contributed by atoms with Crippen molar-refractivity contribution in [1.82, 2.24) is 4.98 Å². The zero-order valence-corrected chi connectivity index (χ0v) is 12.9. The number of fused-ring (bicyclic) bond motifs is 1. The summed E-state index contributed by atoms with van der Waals surface area (Å²) in [6.45, 7) is 0.342. The van der Waals surface area contributed by atoms with Crippen LogP contribution in [0.2, 0.25) is 0 Å². The minimum absolute atomic E-state index is 0. The fourth-order valence-electron chi connectivity index (χ4n) is 2.14. The van der Waals surface area contributed by atoms with Crippen molar-refractivity contribution in [3.63, 3.8) is 0 Å². The quantitative estimate of drug-likeness (QED) is 0.348. The van der Waals surface area contributed by atoms with E-state index in [4.69, 9.17) is 0 Å². The first-order chi connectivity index (χ1) is 9.34. The van der Waals surface area contributed by atoms with Gasteiger partial charge in [0.05, 0.1) is 5.52 Å². The van der Waals surface area contributed by atoms with E-state index in [9.17, 15) is 4.79 Å². The molecule has 0 spiro atoms. The van der Waals surface area contributed by atoms with Gasteiger partial charge in [0.1, 0.15) is 0 Å². The van der Waals surface area contributed by atoms with Crippen LogP contribution in [0, 0.1) is 0 Å². The van der Waals surface area contributed by atoms with Crippen LogP contribution in [-0.4, -0.2) is 10.8 Å². The van der Waals surface area contributed by atoms with Gasteiger partial charge in [-0.1, -0.05) is 24.3 Å². The first kappa shape index (κ1) is 14.6. The summed E-state index contributed by atoms with van der Waals surface area (Å²) in [6, 6.07) is 15.2. The summed E-state index contributed by atoms with van der Waals surface area (Å²) in [6.07, 6.45) is 5.52. The second-order valence-electron chi connectivity index (χ2n) is 4.35. The van der Waals surface area contributed by atoms with Crippen molar-refractivity contribution in [2.45, 2.75) is 6.54 Å². The van der Waals surface area contributed by atoms with E-state index in [1.807, 2.05) is 65.5 Å². The number of ketones is 1. The number of Topliss-reactive ketones (excluding diaryl/α,β-unsaturated/α-hetero) is 1. The van der Waals surface area contributed by atoms with E-state index in [-0.39, 0.29) is 29.8 Å². The van der Waals surface area contributed by atoms with Gasteiger partial charge in [-0.05, 0) is 12.1 Å². The zero-order valence-electron chi connectivity index (χ0n) is 10.7. The number of halogens is 1. The molecule has 1 aromatic carbocycles. The van der Waals surface area contributed by atoms with Crippen LogP contribution in [0.25, 0.3) is 10.9 Å². The minimum Gasteiger partial charge on any atom is -1.00 e. The molecule has 0 N–H and O–H groups in total. The Morgan fingerprint density at radius 2 is 1.80 bits per heavy atom. The lowest BCUT2D eigenvalue weighted by atomic mass is 10.0. The number of carbonyl (C=O) groups is 1. The molecule has 0 aliphatic rings. The first-order valence-corrected chi connectivity index (χ1v) is 6.15. The Balaban J connectivity index is 0.00000147. The third-order valence-corrected chi connectivity index (χ3v) is 3.05. The third-order valence-electron chi connectivity index (χ3n) is 3.05. The normalized spacial score (nSPS) is 10.0. The molecule has 3 aromatic rings. The summed E-state index contributed by atoms with van der Waals surface area (Å²) in [5, 5.41) is 0.909. The van der Waals surface area contributed by atoms with E-state index >= 15 is 0 Å². The number of aromatic nitrogens is 2. The van der Waals surface area contributed by atoms with Gasteiger partial charge in [0.2, 0.25) is 12.3 Å². The monoisotopic (exact) mass is 376 g/mol. The summed E-state index contributed by atoms with van der Waals surface area (Å²) in [5.74, 6) is 0.0924. The van der Waals surface area contributed by atoms with E-state index in [1.165, 1.54) is 0 Å². The summed E-state index contributed by atoms with van der Waals surface area (Å²) in [5.41, 5.74) is 1.58. The van der Waals surface area contributed by atoms with E-state index < -0.39 is 0 Å². The highest BCUT2D eigenvalue weighted by molar-refractivity contribution is 6.06. The van der Waals surface area contributed by atoms with Crippen molar-refractivity contribution in [3.05, 3.63) is 72.7 Å². The van der Waals surface area contributed by atoms with E-state index in [1.54, 1.807) is 6.20 Å². The summed E-state index contributed by atoms with van der Waals surface area (Å²) in [7, 11) is 0. The molecule has 100 valence electrons. The predicted molar refractivity (Wildman–Crippen MR) is 72.7 cm³/mol. The maximum Gasteiger partial charge on any atom is 0.228 e. The lowest BCUT2D eigenvalue weighted by molar-refractivity contribution is -0.683. The molecule has 4 heteroatoms. The van der Waals surface area contributed by atoms with Crippen molar-refractivity contribution in [2.75, 3.05) is 0 Å². The van der Waals surface area contributed by atoms with Gasteiger partial charge in [-0.2, -0.15) is 4.57 Å². The molecule has 0 amide bonds. The minimum atomic E-state index is 0. The Morgan fingerprint density at radius 3 is 2.60 bits per heavy atom. The number of benzene rings is 1. The average Bonchev–Trinajstić information content (AvgIpc) is 2.47. The average molecular weight is 376 g/mol. The van der Waals surface area contributed by atoms with Gasteiger partial charge in [-0.15, -0.1) is 0 Å². The van der Waals surface area contributed by atoms with Crippen molar-refractivity contribution in [2.24, 2.45) is 0 Å². The molecular formula is C16H13IN2O. The fraction of sp³-hybridized carbons (Fsp3) is 0.0625. The van der Waals surface area contributed by atoms with Gasteiger partial charge >= 0.3 is 0 Å². The highest BCUT2D eigenvalue weighted by Crippen LogP contribution is 2.16. The van der Waals surface area contributed by atoms with Crippen molar-refractivity contribution in [3.8, 4) is 0 Å². The Hall–Kier alpha value is -1.82. The first-order valence-electron chi connectivity index (χ1n) is 6.15. The van der Waals surface area contributed by atoms with E-state index in [2.05, 4.69) is 4.98 Å². The summed E-state index contributed by atoms with van der Waals surface area (Å²) >= 11 is 0. The van der Waals surface area contributed by atoms with Gasteiger partial charge in [-0.3, -0.25) is 9.78 Å². The van der Waals surface area contributed by atoms with Gasteiger partial charge in [-0.25, -0.2) is 0 Å². The molecule has 3 nitrogen and oxygen atoms in total. The number of pyridine rings is 2. The Bertz CT molecular complexity index is 723. The van der Waals surface area contributed by atoms with Crippen LogP contribution in [0.3, 0.4) is 0 Å². The Labute approximate surface area is 134 Å². The second kappa shape index (κ2) is 6.56. The molecule has 0 aliphatic carbocycles. The molecule has 0 aliphatic heterocycles. The maximum atomic E-state index is 12.4. The van der Waals surface area contributed by atoms with Crippen LogP contribution in [0.5, 0.6) is 0 Å². The zero-order chi connectivity index (χ0) is 13.1. The van der Waals surface area contributed by atoms with Crippen molar-refractivity contribution >= 4 is 16.7 Å². The van der Waals surface area contributed by atoms with Crippen molar-refractivity contribution < 1.29 is 33.3 Å². The SMILES string of the molecule is O=C(C[n+]1ccccc1)c1cccc2ncccc12.[I-].